The van der Waals surface area contributed by atoms with Crippen molar-refractivity contribution in [1.29, 1.82) is 0 Å². The van der Waals surface area contributed by atoms with Crippen LogP contribution in [0.3, 0.4) is 0 Å². The Morgan fingerprint density at radius 1 is 0.484 bits per heavy atom. The number of rotatable bonds is 25. The molecule has 0 nitrogen and oxygen atoms in total. The predicted octanol–water partition coefficient (Wildman–Crippen LogP) is 11.8. The smallest absolute Gasteiger partial charge is 0.0183 e. The molecule has 0 saturated carbocycles. The summed E-state index contributed by atoms with van der Waals surface area (Å²) in [6.45, 7) is 13.7. The highest BCUT2D eigenvalue weighted by Crippen LogP contribution is 2.29. The molecule has 0 aromatic rings. The van der Waals surface area contributed by atoms with Gasteiger partial charge in [-0.2, -0.15) is 0 Å². The third-order valence-corrected chi connectivity index (χ3v) is 7.45. The standard InChI is InChI=1S/C31H62/c1-6-8-10-12-14-16-17-18-20-21-23-25-27-30(5)31(29(3)4)28-26-24-22-19-15-13-11-9-7-2/h30-31H,3,6-28H2,1-2,4-5H3. The van der Waals surface area contributed by atoms with E-state index < -0.39 is 0 Å². The van der Waals surface area contributed by atoms with Gasteiger partial charge in [0.2, 0.25) is 0 Å². The first-order valence-electron chi connectivity index (χ1n) is 14.8. The van der Waals surface area contributed by atoms with Gasteiger partial charge in [-0.25, -0.2) is 0 Å². The Kier molecular flexibility index (Phi) is 24.2. The van der Waals surface area contributed by atoms with Crippen molar-refractivity contribution in [3.63, 3.8) is 0 Å². The molecule has 0 heterocycles. The van der Waals surface area contributed by atoms with Crippen LogP contribution in [-0.4, -0.2) is 0 Å². The lowest BCUT2D eigenvalue weighted by Gasteiger charge is -2.24. The fourth-order valence-electron chi connectivity index (χ4n) is 5.20. The molecule has 2 atom stereocenters. The van der Waals surface area contributed by atoms with Crippen LogP contribution in [0.5, 0.6) is 0 Å². The molecular formula is C31H62. The van der Waals surface area contributed by atoms with Gasteiger partial charge in [-0.05, 0) is 25.2 Å². The predicted molar refractivity (Wildman–Crippen MR) is 145 cm³/mol. The van der Waals surface area contributed by atoms with Gasteiger partial charge in [-0.3, -0.25) is 0 Å². The average molecular weight is 435 g/mol. The Morgan fingerprint density at radius 3 is 1.10 bits per heavy atom. The zero-order chi connectivity index (χ0) is 23.0. The third-order valence-electron chi connectivity index (χ3n) is 7.45. The molecule has 0 spiro atoms. The molecule has 31 heavy (non-hydrogen) atoms. The first kappa shape index (κ1) is 30.7. The second-order valence-electron chi connectivity index (χ2n) is 10.7. The molecule has 0 aromatic carbocycles. The molecule has 0 aliphatic heterocycles. The summed E-state index contributed by atoms with van der Waals surface area (Å²) in [5.74, 6) is 1.59. The molecule has 0 aliphatic rings. The summed E-state index contributed by atoms with van der Waals surface area (Å²) in [7, 11) is 0. The highest BCUT2D eigenvalue weighted by Gasteiger charge is 2.17. The van der Waals surface area contributed by atoms with Crippen LogP contribution in [0.1, 0.15) is 175 Å². The average Bonchev–Trinajstić information content (AvgIpc) is 2.75. The molecule has 0 radical (unpaired) electrons. The second kappa shape index (κ2) is 24.4. The van der Waals surface area contributed by atoms with Gasteiger partial charge in [0.1, 0.15) is 0 Å². The maximum absolute atomic E-state index is 4.34. The van der Waals surface area contributed by atoms with Gasteiger partial charge in [0, 0.05) is 0 Å². The largest absolute Gasteiger partial charge is 0.0999 e. The van der Waals surface area contributed by atoms with Gasteiger partial charge in [0.05, 0.1) is 0 Å². The van der Waals surface area contributed by atoms with Crippen molar-refractivity contribution in [2.24, 2.45) is 11.8 Å². The first-order chi connectivity index (χ1) is 15.1. The van der Waals surface area contributed by atoms with E-state index >= 15 is 0 Å². The van der Waals surface area contributed by atoms with E-state index in [-0.39, 0.29) is 0 Å². The van der Waals surface area contributed by atoms with Crippen molar-refractivity contribution >= 4 is 0 Å². The van der Waals surface area contributed by atoms with Crippen molar-refractivity contribution in [2.45, 2.75) is 175 Å². The van der Waals surface area contributed by atoms with Crippen molar-refractivity contribution < 1.29 is 0 Å². The number of hydrogen-bond donors (Lipinski definition) is 0. The lowest BCUT2D eigenvalue weighted by atomic mass is 9.81. The van der Waals surface area contributed by atoms with E-state index in [9.17, 15) is 0 Å². The van der Waals surface area contributed by atoms with Crippen LogP contribution in [0, 0.1) is 11.8 Å². The molecule has 0 bridgehead atoms. The van der Waals surface area contributed by atoms with Crippen LogP contribution in [-0.2, 0) is 0 Å². The minimum Gasteiger partial charge on any atom is -0.0999 e. The van der Waals surface area contributed by atoms with Gasteiger partial charge in [-0.1, -0.05) is 174 Å². The van der Waals surface area contributed by atoms with E-state index in [1.54, 1.807) is 0 Å². The van der Waals surface area contributed by atoms with Crippen LogP contribution >= 0.6 is 0 Å². The SMILES string of the molecule is C=C(C)C(CCCCCCCCCCC)C(C)CCCCCCCCCCCCCC. The van der Waals surface area contributed by atoms with Crippen LogP contribution in [0.2, 0.25) is 0 Å². The molecule has 0 amide bonds. The van der Waals surface area contributed by atoms with E-state index in [4.69, 9.17) is 0 Å². The van der Waals surface area contributed by atoms with E-state index in [1.807, 2.05) is 0 Å². The van der Waals surface area contributed by atoms with Crippen molar-refractivity contribution in [1.82, 2.24) is 0 Å². The summed E-state index contributed by atoms with van der Waals surface area (Å²) in [4.78, 5) is 0. The summed E-state index contributed by atoms with van der Waals surface area (Å²) in [6, 6.07) is 0. The molecule has 0 aromatic heterocycles. The monoisotopic (exact) mass is 434 g/mol. The maximum Gasteiger partial charge on any atom is -0.0183 e. The quantitative estimate of drug-likeness (QED) is 0.0989. The molecule has 0 heteroatoms. The zero-order valence-corrected chi connectivity index (χ0v) is 22.6. The minimum atomic E-state index is 0.761. The number of hydrogen-bond acceptors (Lipinski definition) is 0. The lowest BCUT2D eigenvalue weighted by molar-refractivity contribution is 0.339. The molecule has 0 fully saturated rings. The van der Waals surface area contributed by atoms with E-state index in [2.05, 4.69) is 34.3 Å². The maximum atomic E-state index is 4.34. The minimum absolute atomic E-state index is 0.761. The Morgan fingerprint density at radius 2 is 0.774 bits per heavy atom. The molecule has 186 valence electrons. The van der Waals surface area contributed by atoms with Crippen LogP contribution in [0.25, 0.3) is 0 Å². The van der Waals surface area contributed by atoms with Gasteiger partial charge >= 0.3 is 0 Å². The van der Waals surface area contributed by atoms with E-state index in [1.165, 1.54) is 153 Å². The molecule has 2 unspecified atom stereocenters. The molecule has 0 N–H and O–H groups in total. The Hall–Kier alpha value is -0.260. The van der Waals surface area contributed by atoms with Gasteiger partial charge in [0.15, 0.2) is 0 Å². The summed E-state index contributed by atoms with van der Waals surface area (Å²) >= 11 is 0. The van der Waals surface area contributed by atoms with Crippen LogP contribution < -0.4 is 0 Å². The third kappa shape index (κ3) is 21.3. The fourth-order valence-corrected chi connectivity index (χ4v) is 5.20. The van der Waals surface area contributed by atoms with Crippen molar-refractivity contribution in [2.75, 3.05) is 0 Å². The number of allylic oxidation sites excluding steroid dienone is 1. The van der Waals surface area contributed by atoms with Crippen LogP contribution in [0.4, 0.5) is 0 Å². The Bertz CT molecular complexity index is 355. The molecule has 0 saturated heterocycles. The summed E-state index contributed by atoms with van der Waals surface area (Å²) < 4.78 is 0. The van der Waals surface area contributed by atoms with Crippen molar-refractivity contribution in [3.8, 4) is 0 Å². The van der Waals surface area contributed by atoms with Crippen LogP contribution in [0.15, 0.2) is 12.2 Å². The second-order valence-corrected chi connectivity index (χ2v) is 10.7. The van der Waals surface area contributed by atoms with Gasteiger partial charge in [-0.15, -0.1) is 0 Å². The zero-order valence-electron chi connectivity index (χ0n) is 22.6. The normalized spacial score (nSPS) is 13.4. The highest BCUT2D eigenvalue weighted by atomic mass is 14.2. The van der Waals surface area contributed by atoms with Gasteiger partial charge in [0.25, 0.3) is 0 Å². The summed E-state index contributed by atoms with van der Waals surface area (Å²) in [5.41, 5.74) is 1.44. The van der Waals surface area contributed by atoms with Crippen molar-refractivity contribution in [3.05, 3.63) is 12.2 Å². The topological polar surface area (TPSA) is 0 Å². The first-order valence-corrected chi connectivity index (χ1v) is 14.8. The molecule has 0 aliphatic carbocycles. The molecule has 0 rings (SSSR count). The van der Waals surface area contributed by atoms with E-state index in [0.717, 1.165) is 11.8 Å². The van der Waals surface area contributed by atoms with Gasteiger partial charge < -0.3 is 0 Å². The summed E-state index contributed by atoms with van der Waals surface area (Å²) in [6.07, 6.45) is 33.1. The lowest BCUT2D eigenvalue weighted by Crippen LogP contribution is -2.13. The fraction of sp³-hybridized carbons (Fsp3) is 0.935. The van der Waals surface area contributed by atoms with E-state index in [0.29, 0.717) is 0 Å². The highest BCUT2D eigenvalue weighted by molar-refractivity contribution is 4.98. The molecular weight excluding hydrogens is 372 g/mol. The summed E-state index contributed by atoms with van der Waals surface area (Å²) in [5, 5.41) is 0. The Balaban J connectivity index is 3.60. The number of unbranched alkanes of at least 4 members (excludes halogenated alkanes) is 19. The Labute approximate surface area is 199 Å².